The molecule has 0 saturated carbocycles. The van der Waals surface area contributed by atoms with Gasteiger partial charge in [-0.05, 0) is 97.5 Å². The highest BCUT2D eigenvalue weighted by Crippen LogP contribution is 2.39. The Morgan fingerprint density at radius 1 is 0.901 bits per heavy atom. The molecule has 5 unspecified atom stereocenters. The zero-order chi connectivity index (χ0) is 52.4. The number of hydrogen-bond acceptors (Lipinski definition) is 18. The van der Waals surface area contributed by atoms with E-state index in [0.29, 0.717) is 32.6 Å². The van der Waals surface area contributed by atoms with Gasteiger partial charge in [0, 0.05) is 59.7 Å². The van der Waals surface area contributed by atoms with Crippen molar-refractivity contribution in [1.29, 1.82) is 0 Å². The van der Waals surface area contributed by atoms with Crippen molar-refractivity contribution >= 4 is 36.1 Å². The van der Waals surface area contributed by atoms with Crippen LogP contribution in [0.4, 0.5) is 0 Å². The molecule has 1 aromatic carbocycles. The van der Waals surface area contributed by atoms with Gasteiger partial charge in [-0.15, -0.1) is 0 Å². The van der Waals surface area contributed by atoms with Crippen LogP contribution >= 0.6 is 0 Å². The number of ether oxygens (including phenoxy) is 9. The van der Waals surface area contributed by atoms with Gasteiger partial charge in [-0.25, -0.2) is 0 Å². The SMILES string of the molecule is CCC(=O)O[C@@H]1CC(=O)NCCCN(CCCCc2ccccc2)C[C@H](OC(C)=O)[C@H](C)C[C@H](CC=O)[C@H](O[C@@H]2OC(C)[C@@H](O[C@H]3CC(C)(OC(C)=O)[C@@H](OC(=O)CC)C(C)O3)C(N(C)C)C2O)[C@H]1OC. The van der Waals surface area contributed by atoms with E-state index < -0.39 is 115 Å². The van der Waals surface area contributed by atoms with Gasteiger partial charge >= 0.3 is 23.9 Å². The molecule has 2 N–H and O–H groups in total. The number of likely N-dealkylation sites (N-methyl/N-ethyl adjacent to an activating group) is 1. The van der Waals surface area contributed by atoms with Crippen LogP contribution in [0.5, 0.6) is 0 Å². The third-order valence-electron chi connectivity index (χ3n) is 13.7. The zero-order valence-electron chi connectivity index (χ0n) is 43.9. The number of amides is 1. The monoisotopic (exact) mass is 1010 g/mol. The van der Waals surface area contributed by atoms with E-state index in [1.165, 1.54) is 26.5 Å². The zero-order valence-corrected chi connectivity index (χ0v) is 43.9. The molecular weight excluding hydrogens is 923 g/mol. The quantitative estimate of drug-likeness (QED) is 0.0853. The number of benzene rings is 1. The molecule has 15 atom stereocenters. The summed E-state index contributed by atoms with van der Waals surface area (Å²) in [5, 5.41) is 15.4. The molecule has 0 aromatic heterocycles. The maximum Gasteiger partial charge on any atom is 0.306 e. The number of hydrogen-bond donors (Lipinski definition) is 2. The molecule has 4 rings (SSSR count). The highest BCUT2D eigenvalue weighted by atomic mass is 16.7. The van der Waals surface area contributed by atoms with Crippen LogP contribution in [0.15, 0.2) is 30.3 Å². The number of aliphatic hydroxyl groups is 1. The van der Waals surface area contributed by atoms with E-state index in [0.717, 1.165) is 25.5 Å². The molecule has 1 amide bonds. The summed E-state index contributed by atoms with van der Waals surface area (Å²) in [5.41, 5.74) is -0.0780. The molecule has 3 fully saturated rings. The first kappa shape index (κ1) is 59.5. The lowest BCUT2D eigenvalue weighted by Gasteiger charge is -2.50. The maximum absolute atomic E-state index is 13.8. The lowest BCUT2D eigenvalue weighted by Crippen LogP contribution is -2.66. The average molecular weight is 1010 g/mol. The molecule has 19 heteroatoms. The highest BCUT2D eigenvalue weighted by Gasteiger charge is 2.54. The Morgan fingerprint density at radius 3 is 2.21 bits per heavy atom. The van der Waals surface area contributed by atoms with E-state index in [2.05, 4.69) is 22.3 Å². The minimum atomic E-state index is -1.43. The number of aryl methyl sites for hydroxylation is 1. The Hall–Kier alpha value is -4.08. The Bertz CT molecular complexity index is 1840. The molecule has 0 bridgehead atoms. The number of methoxy groups -OCH3 is 1. The van der Waals surface area contributed by atoms with Crippen molar-refractivity contribution in [1.82, 2.24) is 15.1 Å². The molecule has 0 radical (unpaired) electrons. The molecule has 0 spiro atoms. The molecule has 0 aliphatic carbocycles. The fraction of sp³-hybridized carbons (Fsp3) is 0.769. The Labute approximate surface area is 420 Å². The van der Waals surface area contributed by atoms with Crippen LogP contribution in [0, 0.1) is 11.8 Å². The lowest BCUT2D eigenvalue weighted by atomic mass is 9.82. The Kier molecular flexibility index (Phi) is 24.3. The molecular formula is C52H83N3O16. The van der Waals surface area contributed by atoms with Crippen LogP contribution in [0.25, 0.3) is 0 Å². The van der Waals surface area contributed by atoms with Gasteiger partial charge in [-0.3, -0.25) is 28.9 Å². The average Bonchev–Trinajstić information content (AvgIpc) is 3.30. The van der Waals surface area contributed by atoms with Crippen molar-refractivity contribution in [2.45, 2.75) is 199 Å². The first-order chi connectivity index (χ1) is 33.7. The van der Waals surface area contributed by atoms with Crippen molar-refractivity contribution in [3.8, 4) is 0 Å². The van der Waals surface area contributed by atoms with E-state index in [-0.39, 0.29) is 44.4 Å². The van der Waals surface area contributed by atoms with Crippen LogP contribution in [0.1, 0.15) is 119 Å². The predicted octanol–water partition coefficient (Wildman–Crippen LogP) is 4.31. The van der Waals surface area contributed by atoms with Crippen molar-refractivity contribution in [2.24, 2.45) is 11.8 Å². The first-order valence-corrected chi connectivity index (χ1v) is 25.4. The molecule has 3 heterocycles. The van der Waals surface area contributed by atoms with E-state index in [9.17, 15) is 33.9 Å². The number of nitrogens with one attached hydrogen (secondary N) is 1. The van der Waals surface area contributed by atoms with Crippen molar-refractivity contribution in [3.63, 3.8) is 0 Å². The van der Waals surface area contributed by atoms with Crippen LogP contribution in [-0.2, 0) is 77.8 Å². The van der Waals surface area contributed by atoms with Crippen molar-refractivity contribution < 1.29 is 76.5 Å². The van der Waals surface area contributed by atoms with Gasteiger partial charge in [0.15, 0.2) is 24.3 Å². The van der Waals surface area contributed by atoms with Crippen LogP contribution in [0.2, 0.25) is 0 Å². The smallest absolute Gasteiger partial charge is 0.306 e. The van der Waals surface area contributed by atoms with Gasteiger partial charge in [0.05, 0.1) is 30.8 Å². The maximum atomic E-state index is 13.8. The molecule has 3 aliphatic heterocycles. The summed E-state index contributed by atoms with van der Waals surface area (Å²) in [5.74, 6) is -3.59. The predicted molar refractivity (Wildman–Crippen MR) is 259 cm³/mol. The fourth-order valence-electron chi connectivity index (χ4n) is 10.2. The van der Waals surface area contributed by atoms with E-state index in [1.807, 2.05) is 25.1 Å². The van der Waals surface area contributed by atoms with Crippen molar-refractivity contribution in [2.75, 3.05) is 47.4 Å². The summed E-state index contributed by atoms with van der Waals surface area (Å²) in [6.45, 7) is 15.0. The number of rotatable bonds is 19. The molecule has 1 aromatic rings. The van der Waals surface area contributed by atoms with E-state index in [1.54, 1.807) is 53.6 Å². The normalized spacial score (nSPS) is 33.7. The largest absolute Gasteiger partial charge is 0.461 e. The Morgan fingerprint density at radius 2 is 1.59 bits per heavy atom. The van der Waals surface area contributed by atoms with Gasteiger partial charge in [0.1, 0.15) is 36.8 Å². The molecule has 19 nitrogen and oxygen atoms in total. The van der Waals surface area contributed by atoms with Crippen LogP contribution in [-0.4, -0.2) is 178 Å². The van der Waals surface area contributed by atoms with E-state index >= 15 is 0 Å². The van der Waals surface area contributed by atoms with E-state index in [4.69, 9.17) is 42.6 Å². The minimum Gasteiger partial charge on any atom is -0.461 e. The van der Waals surface area contributed by atoms with Crippen molar-refractivity contribution in [3.05, 3.63) is 35.9 Å². The summed E-state index contributed by atoms with van der Waals surface area (Å²) in [6, 6.07) is 9.44. The number of carbonyl (C=O) groups is 6. The lowest BCUT2D eigenvalue weighted by molar-refractivity contribution is -0.344. The van der Waals surface area contributed by atoms with Gasteiger partial charge < -0.3 is 62.7 Å². The third kappa shape index (κ3) is 17.8. The number of esters is 4. The number of aliphatic hydroxyl groups excluding tert-OH is 1. The third-order valence-corrected chi connectivity index (χ3v) is 13.7. The number of aldehydes is 1. The number of nitrogens with zero attached hydrogens (tertiary/aromatic N) is 2. The highest BCUT2D eigenvalue weighted by molar-refractivity contribution is 5.77. The second-order valence-corrected chi connectivity index (χ2v) is 19.8. The second-order valence-electron chi connectivity index (χ2n) is 19.8. The number of carbonyl (C=O) groups excluding carboxylic acids is 6. The molecule has 402 valence electrons. The molecule has 3 saturated heterocycles. The van der Waals surface area contributed by atoms with Gasteiger partial charge in [0.25, 0.3) is 0 Å². The topological polar surface area (TPSA) is 224 Å². The summed E-state index contributed by atoms with van der Waals surface area (Å²) in [6.07, 6.45) is -7.31. The standard InChI is InChI=1S/C52H83N3O16/c1-12-42(60)67-39-29-41(59)53-24-19-26-55(25-18-17-22-37-20-15-14-16-21-37)31-40(66-35(6)57)32(3)28-38(23-27-56)48(49(39)63-11)70-51-46(62)45(54(9)10)47(33(4)65-51)69-44-30-52(8,71-36(7)58)50(34(5)64-44)68-43(61)13-2/h14-16,20-21,27,32-34,38-40,44-51,62H,12-13,17-19,22-26,28-31H2,1-11H3,(H,53,59)/t32-,33?,34?,38+,39-,40+,44+,45?,46?,47-,48+,49+,50+,51+,52?/m1/s1. The second kappa shape index (κ2) is 29.0. The fourth-order valence-corrected chi connectivity index (χ4v) is 10.2. The summed E-state index contributed by atoms with van der Waals surface area (Å²) < 4.78 is 56.0. The molecule has 71 heavy (non-hydrogen) atoms. The summed E-state index contributed by atoms with van der Waals surface area (Å²) >= 11 is 0. The Balaban J connectivity index is 1.70. The number of unbranched alkanes of at least 4 members (excludes halogenated alkanes) is 1. The van der Waals surface area contributed by atoms with Gasteiger partial charge in [-0.1, -0.05) is 51.1 Å². The summed E-state index contributed by atoms with van der Waals surface area (Å²) in [7, 11) is 4.91. The van der Waals surface area contributed by atoms with Crippen LogP contribution in [0.3, 0.4) is 0 Å². The minimum absolute atomic E-state index is 0.00204. The summed E-state index contributed by atoms with van der Waals surface area (Å²) in [4.78, 5) is 81.2. The van der Waals surface area contributed by atoms with Gasteiger partial charge in [-0.2, -0.15) is 0 Å². The first-order valence-electron chi connectivity index (χ1n) is 25.4. The molecule has 3 aliphatic rings. The van der Waals surface area contributed by atoms with Gasteiger partial charge in [0.2, 0.25) is 5.91 Å². The van der Waals surface area contributed by atoms with Crippen LogP contribution < -0.4 is 5.32 Å².